The maximum Gasteiger partial charge on any atom is 0.0484 e. The second kappa shape index (κ2) is 5.29. The lowest BCUT2D eigenvalue weighted by Crippen LogP contribution is -1.82. The first-order valence-electron chi connectivity index (χ1n) is 6.17. The SMILES string of the molecule is Clc1ccccc1-c1[c]ccc(-c2ccccc2)c1. The maximum absolute atomic E-state index is 6.24. The molecule has 0 aromatic heterocycles. The smallest absolute Gasteiger partial charge is 0.0484 e. The topological polar surface area (TPSA) is 0 Å². The highest BCUT2D eigenvalue weighted by atomic mass is 35.5. The molecule has 1 heteroatoms. The second-order valence-corrected chi connectivity index (χ2v) is 4.74. The van der Waals surface area contributed by atoms with Gasteiger partial charge in [0.05, 0.1) is 0 Å². The maximum atomic E-state index is 6.24. The van der Waals surface area contributed by atoms with E-state index in [9.17, 15) is 0 Å². The summed E-state index contributed by atoms with van der Waals surface area (Å²) in [6.07, 6.45) is 0. The Kier molecular flexibility index (Phi) is 3.35. The van der Waals surface area contributed by atoms with Crippen molar-refractivity contribution in [3.05, 3.63) is 83.9 Å². The predicted molar refractivity (Wildman–Crippen MR) is 81.2 cm³/mol. The molecule has 3 rings (SSSR count). The van der Waals surface area contributed by atoms with E-state index >= 15 is 0 Å². The van der Waals surface area contributed by atoms with Crippen LogP contribution in [0.1, 0.15) is 0 Å². The van der Waals surface area contributed by atoms with E-state index in [1.54, 1.807) is 0 Å². The van der Waals surface area contributed by atoms with Gasteiger partial charge in [-0.05, 0) is 34.9 Å². The van der Waals surface area contributed by atoms with E-state index in [0.29, 0.717) is 0 Å². The number of benzene rings is 3. The Morgan fingerprint density at radius 2 is 1.47 bits per heavy atom. The molecular formula is C18H12Cl. The zero-order chi connectivity index (χ0) is 13.1. The first-order chi connectivity index (χ1) is 9.34. The van der Waals surface area contributed by atoms with Crippen molar-refractivity contribution in [2.75, 3.05) is 0 Å². The molecule has 0 aliphatic carbocycles. The predicted octanol–water partition coefficient (Wildman–Crippen LogP) is 5.47. The van der Waals surface area contributed by atoms with Gasteiger partial charge < -0.3 is 0 Å². The average Bonchev–Trinajstić information content (AvgIpc) is 2.49. The number of rotatable bonds is 2. The molecule has 0 bridgehead atoms. The molecule has 1 radical (unpaired) electrons. The molecule has 0 N–H and O–H groups in total. The standard InChI is InChI=1S/C18H12Cl/c19-18-12-5-4-11-17(18)16-10-6-9-15(13-16)14-7-2-1-3-8-14/h1-9,11-13H. The minimum atomic E-state index is 0.754. The van der Waals surface area contributed by atoms with Crippen molar-refractivity contribution in [1.82, 2.24) is 0 Å². The summed E-state index contributed by atoms with van der Waals surface area (Å²) in [4.78, 5) is 0. The summed E-state index contributed by atoms with van der Waals surface area (Å²) in [6.45, 7) is 0. The summed E-state index contributed by atoms with van der Waals surface area (Å²) < 4.78 is 0. The van der Waals surface area contributed by atoms with Crippen molar-refractivity contribution in [3.8, 4) is 22.3 Å². The van der Waals surface area contributed by atoms with E-state index in [0.717, 1.165) is 16.1 Å². The molecule has 0 aliphatic heterocycles. The van der Waals surface area contributed by atoms with Gasteiger partial charge in [-0.2, -0.15) is 0 Å². The Balaban J connectivity index is 2.09. The van der Waals surface area contributed by atoms with E-state index in [1.807, 2.05) is 48.5 Å². The highest BCUT2D eigenvalue weighted by Crippen LogP contribution is 2.30. The fourth-order valence-electron chi connectivity index (χ4n) is 2.11. The van der Waals surface area contributed by atoms with Crippen LogP contribution >= 0.6 is 11.6 Å². The van der Waals surface area contributed by atoms with Crippen molar-refractivity contribution in [3.63, 3.8) is 0 Å². The first kappa shape index (κ1) is 12.0. The zero-order valence-electron chi connectivity index (χ0n) is 10.3. The van der Waals surface area contributed by atoms with E-state index in [-0.39, 0.29) is 0 Å². The molecule has 0 saturated carbocycles. The molecule has 19 heavy (non-hydrogen) atoms. The molecule has 0 fully saturated rings. The zero-order valence-corrected chi connectivity index (χ0v) is 11.1. The van der Waals surface area contributed by atoms with Gasteiger partial charge in [-0.25, -0.2) is 0 Å². The van der Waals surface area contributed by atoms with Gasteiger partial charge in [0, 0.05) is 10.6 Å². The van der Waals surface area contributed by atoms with Gasteiger partial charge in [-0.3, -0.25) is 0 Å². The lowest BCUT2D eigenvalue weighted by atomic mass is 9.99. The normalized spacial score (nSPS) is 10.4. The summed E-state index contributed by atoms with van der Waals surface area (Å²) in [5, 5.41) is 0.754. The van der Waals surface area contributed by atoms with Crippen LogP contribution in [-0.4, -0.2) is 0 Å². The molecule has 91 valence electrons. The highest BCUT2D eigenvalue weighted by Gasteiger charge is 2.04. The summed E-state index contributed by atoms with van der Waals surface area (Å²) in [6, 6.07) is 27.5. The fourth-order valence-corrected chi connectivity index (χ4v) is 2.35. The third kappa shape index (κ3) is 2.54. The summed E-state index contributed by atoms with van der Waals surface area (Å²) in [7, 11) is 0. The van der Waals surface area contributed by atoms with Gasteiger partial charge in [0.1, 0.15) is 0 Å². The van der Waals surface area contributed by atoms with E-state index in [1.165, 1.54) is 11.1 Å². The van der Waals surface area contributed by atoms with Crippen LogP contribution in [0.15, 0.2) is 72.8 Å². The summed E-state index contributed by atoms with van der Waals surface area (Å²) in [5.41, 5.74) is 4.41. The lowest BCUT2D eigenvalue weighted by molar-refractivity contribution is 1.58. The van der Waals surface area contributed by atoms with Crippen LogP contribution in [0.2, 0.25) is 5.02 Å². The average molecular weight is 264 g/mol. The monoisotopic (exact) mass is 263 g/mol. The Hall–Kier alpha value is -2.05. The number of halogens is 1. The molecule has 0 unspecified atom stereocenters. The molecule has 0 atom stereocenters. The van der Waals surface area contributed by atoms with Crippen LogP contribution in [-0.2, 0) is 0 Å². The van der Waals surface area contributed by atoms with Crippen LogP contribution < -0.4 is 0 Å². The highest BCUT2D eigenvalue weighted by molar-refractivity contribution is 6.33. The Bertz CT molecular complexity index is 687. The van der Waals surface area contributed by atoms with Crippen LogP contribution in [0, 0.1) is 6.07 Å². The van der Waals surface area contributed by atoms with Crippen molar-refractivity contribution >= 4 is 11.6 Å². The van der Waals surface area contributed by atoms with Crippen LogP contribution in [0.3, 0.4) is 0 Å². The van der Waals surface area contributed by atoms with Crippen LogP contribution in [0.5, 0.6) is 0 Å². The van der Waals surface area contributed by atoms with Crippen LogP contribution in [0.25, 0.3) is 22.3 Å². The molecule has 0 spiro atoms. The Labute approximate surface area is 118 Å². The third-order valence-corrected chi connectivity index (χ3v) is 3.40. The molecule has 3 aromatic rings. The summed E-state index contributed by atoms with van der Waals surface area (Å²) >= 11 is 6.24. The van der Waals surface area contributed by atoms with Gasteiger partial charge in [0.25, 0.3) is 0 Å². The van der Waals surface area contributed by atoms with E-state index < -0.39 is 0 Å². The van der Waals surface area contributed by atoms with E-state index in [4.69, 9.17) is 11.6 Å². The largest absolute Gasteiger partial charge is 0.0837 e. The fraction of sp³-hybridized carbons (Fsp3) is 0. The third-order valence-electron chi connectivity index (χ3n) is 3.07. The Morgan fingerprint density at radius 1 is 0.737 bits per heavy atom. The quantitative estimate of drug-likeness (QED) is 0.575. The minimum absolute atomic E-state index is 0.754. The van der Waals surface area contributed by atoms with Gasteiger partial charge in [0.15, 0.2) is 0 Å². The van der Waals surface area contributed by atoms with Gasteiger partial charge >= 0.3 is 0 Å². The van der Waals surface area contributed by atoms with Crippen molar-refractivity contribution in [1.29, 1.82) is 0 Å². The lowest BCUT2D eigenvalue weighted by Gasteiger charge is -2.07. The molecule has 0 heterocycles. The molecule has 0 aliphatic rings. The minimum Gasteiger partial charge on any atom is -0.0837 e. The van der Waals surface area contributed by atoms with Crippen molar-refractivity contribution in [2.24, 2.45) is 0 Å². The number of hydrogen-bond donors (Lipinski definition) is 0. The number of hydrogen-bond acceptors (Lipinski definition) is 0. The van der Waals surface area contributed by atoms with Gasteiger partial charge in [-0.1, -0.05) is 72.3 Å². The molecular weight excluding hydrogens is 252 g/mol. The molecule has 0 saturated heterocycles. The molecule has 3 aromatic carbocycles. The Morgan fingerprint density at radius 3 is 2.26 bits per heavy atom. The molecule has 0 nitrogen and oxygen atoms in total. The first-order valence-corrected chi connectivity index (χ1v) is 6.54. The van der Waals surface area contributed by atoms with Gasteiger partial charge in [-0.15, -0.1) is 0 Å². The van der Waals surface area contributed by atoms with Gasteiger partial charge in [0.2, 0.25) is 0 Å². The van der Waals surface area contributed by atoms with E-state index in [2.05, 4.69) is 30.3 Å². The summed E-state index contributed by atoms with van der Waals surface area (Å²) in [5.74, 6) is 0. The van der Waals surface area contributed by atoms with Crippen molar-refractivity contribution in [2.45, 2.75) is 0 Å². The van der Waals surface area contributed by atoms with Crippen molar-refractivity contribution < 1.29 is 0 Å². The second-order valence-electron chi connectivity index (χ2n) is 4.34. The molecule has 0 amide bonds. The van der Waals surface area contributed by atoms with Crippen LogP contribution in [0.4, 0.5) is 0 Å².